The molecular formula is C19H25N3O3S. The molecule has 1 unspecified atom stereocenters. The summed E-state index contributed by atoms with van der Waals surface area (Å²) in [6.07, 6.45) is 1.70. The number of amides is 1. The Labute approximate surface area is 158 Å². The van der Waals surface area contributed by atoms with E-state index >= 15 is 0 Å². The number of carbonyl (C=O) groups excluding carboxylic acids is 1. The standard InChI is InChI=1S/C19H25N3O3S/c1-5-22-11-10-16(23)21-19(22)26-12-17(24)20-18(13(2)3)14-6-8-15(25-4)9-7-14/h6-11,13,18H,5,12H2,1-4H3,(H,20,24). The summed E-state index contributed by atoms with van der Waals surface area (Å²) < 4.78 is 7.03. The summed E-state index contributed by atoms with van der Waals surface area (Å²) >= 11 is 1.27. The average Bonchev–Trinajstić information content (AvgIpc) is 2.64. The van der Waals surface area contributed by atoms with E-state index in [1.54, 1.807) is 13.3 Å². The maximum Gasteiger partial charge on any atom is 0.273 e. The Morgan fingerprint density at radius 1 is 1.27 bits per heavy atom. The normalized spacial score (nSPS) is 12.0. The van der Waals surface area contributed by atoms with Crippen molar-refractivity contribution in [3.63, 3.8) is 0 Å². The van der Waals surface area contributed by atoms with Gasteiger partial charge in [0.15, 0.2) is 5.16 Å². The van der Waals surface area contributed by atoms with E-state index < -0.39 is 0 Å². The first-order valence-corrected chi connectivity index (χ1v) is 9.56. The number of thioether (sulfide) groups is 1. The quantitative estimate of drug-likeness (QED) is 0.567. The van der Waals surface area contributed by atoms with Gasteiger partial charge in [0, 0.05) is 18.8 Å². The minimum Gasteiger partial charge on any atom is -0.497 e. The van der Waals surface area contributed by atoms with Gasteiger partial charge in [0.2, 0.25) is 5.91 Å². The number of benzene rings is 1. The lowest BCUT2D eigenvalue weighted by molar-refractivity contribution is -0.119. The number of rotatable bonds is 8. The molecular weight excluding hydrogens is 350 g/mol. The van der Waals surface area contributed by atoms with Crippen molar-refractivity contribution in [2.45, 2.75) is 38.5 Å². The lowest BCUT2D eigenvalue weighted by atomic mass is 9.96. The van der Waals surface area contributed by atoms with E-state index in [2.05, 4.69) is 24.1 Å². The fraction of sp³-hybridized carbons (Fsp3) is 0.421. The van der Waals surface area contributed by atoms with E-state index in [1.807, 2.05) is 35.8 Å². The average molecular weight is 375 g/mol. The number of aryl methyl sites for hydroxylation is 1. The van der Waals surface area contributed by atoms with Gasteiger partial charge in [-0.05, 0) is 30.5 Å². The summed E-state index contributed by atoms with van der Waals surface area (Å²) in [7, 11) is 1.63. The molecule has 26 heavy (non-hydrogen) atoms. The molecule has 2 aromatic rings. The van der Waals surface area contributed by atoms with Crippen LogP contribution in [0, 0.1) is 5.92 Å². The highest BCUT2D eigenvalue weighted by atomic mass is 32.2. The van der Waals surface area contributed by atoms with Crippen LogP contribution in [0.3, 0.4) is 0 Å². The van der Waals surface area contributed by atoms with Gasteiger partial charge in [-0.1, -0.05) is 37.7 Å². The van der Waals surface area contributed by atoms with E-state index in [9.17, 15) is 9.59 Å². The van der Waals surface area contributed by atoms with Gasteiger partial charge in [-0.25, -0.2) is 0 Å². The van der Waals surface area contributed by atoms with Gasteiger partial charge < -0.3 is 14.6 Å². The van der Waals surface area contributed by atoms with Crippen molar-refractivity contribution in [3.05, 3.63) is 52.4 Å². The van der Waals surface area contributed by atoms with Gasteiger partial charge in [-0.3, -0.25) is 9.59 Å². The highest BCUT2D eigenvalue weighted by Crippen LogP contribution is 2.24. The SMILES string of the molecule is CCn1ccc(=O)nc1SCC(=O)NC(c1ccc(OC)cc1)C(C)C. The third-order valence-electron chi connectivity index (χ3n) is 3.98. The van der Waals surface area contributed by atoms with E-state index in [-0.39, 0.29) is 29.2 Å². The maximum atomic E-state index is 12.4. The number of hydrogen-bond donors (Lipinski definition) is 1. The molecule has 1 atom stereocenters. The molecule has 0 aliphatic rings. The highest BCUT2D eigenvalue weighted by molar-refractivity contribution is 7.99. The zero-order valence-electron chi connectivity index (χ0n) is 15.6. The van der Waals surface area contributed by atoms with Crippen molar-refractivity contribution in [2.75, 3.05) is 12.9 Å². The third-order valence-corrected chi connectivity index (χ3v) is 4.97. The molecule has 1 heterocycles. The van der Waals surface area contributed by atoms with Crippen molar-refractivity contribution in [1.29, 1.82) is 0 Å². The predicted molar refractivity (Wildman–Crippen MR) is 104 cm³/mol. The molecule has 6 nitrogen and oxygen atoms in total. The van der Waals surface area contributed by atoms with Crippen LogP contribution < -0.4 is 15.6 Å². The molecule has 2 rings (SSSR count). The van der Waals surface area contributed by atoms with Crippen LogP contribution in [0.15, 0.2) is 46.5 Å². The first-order valence-electron chi connectivity index (χ1n) is 8.58. The van der Waals surface area contributed by atoms with Crippen LogP contribution in [-0.4, -0.2) is 28.3 Å². The monoisotopic (exact) mass is 375 g/mol. The minimum atomic E-state index is -0.295. The van der Waals surface area contributed by atoms with Crippen molar-refractivity contribution in [3.8, 4) is 5.75 Å². The third kappa shape index (κ3) is 5.36. The Morgan fingerprint density at radius 3 is 2.54 bits per heavy atom. The van der Waals surface area contributed by atoms with Gasteiger partial charge in [0.1, 0.15) is 5.75 Å². The largest absolute Gasteiger partial charge is 0.497 e. The Bertz CT molecular complexity index is 787. The zero-order valence-corrected chi connectivity index (χ0v) is 16.4. The molecule has 1 amide bonds. The Morgan fingerprint density at radius 2 is 1.96 bits per heavy atom. The second-order valence-corrected chi connectivity index (χ2v) is 7.13. The molecule has 0 bridgehead atoms. The molecule has 7 heteroatoms. The van der Waals surface area contributed by atoms with Crippen LogP contribution in [0.5, 0.6) is 5.75 Å². The van der Waals surface area contributed by atoms with Crippen LogP contribution in [0.2, 0.25) is 0 Å². The minimum absolute atomic E-state index is 0.0916. The summed E-state index contributed by atoms with van der Waals surface area (Å²) in [5.41, 5.74) is 0.735. The molecule has 0 fully saturated rings. The molecule has 0 aliphatic heterocycles. The fourth-order valence-electron chi connectivity index (χ4n) is 2.56. The number of methoxy groups -OCH3 is 1. The van der Waals surface area contributed by atoms with E-state index in [0.29, 0.717) is 11.7 Å². The molecule has 1 aromatic carbocycles. The molecule has 140 valence electrons. The summed E-state index contributed by atoms with van der Waals surface area (Å²) in [6.45, 7) is 6.79. The Kier molecular flexibility index (Phi) is 7.26. The number of ether oxygens (including phenoxy) is 1. The smallest absolute Gasteiger partial charge is 0.273 e. The Hall–Kier alpha value is -2.28. The van der Waals surface area contributed by atoms with Crippen LogP contribution in [0.25, 0.3) is 0 Å². The summed E-state index contributed by atoms with van der Waals surface area (Å²) in [4.78, 5) is 27.9. The Balaban J connectivity index is 2.04. The predicted octanol–water partition coefficient (Wildman–Crippen LogP) is 2.88. The first kappa shape index (κ1) is 20.0. The van der Waals surface area contributed by atoms with Crippen molar-refractivity contribution in [2.24, 2.45) is 5.92 Å². The second kappa shape index (κ2) is 9.43. The first-order chi connectivity index (χ1) is 12.4. The molecule has 1 N–H and O–H groups in total. The molecule has 1 aromatic heterocycles. The second-order valence-electron chi connectivity index (χ2n) is 6.19. The molecule has 0 saturated heterocycles. The van der Waals surface area contributed by atoms with Crippen LogP contribution in [0.1, 0.15) is 32.4 Å². The lowest BCUT2D eigenvalue weighted by Gasteiger charge is -2.23. The van der Waals surface area contributed by atoms with Crippen LogP contribution in [0.4, 0.5) is 0 Å². The topological polar surface area (TPSA) is 73.2 Å². The number of carbonyl (C=O) groups is 1. The van der Waals surface area contributed by atoms with Gasteiger partial charge in [0.05, 0.1) is 18.9 Å². The van der Waals surface area contributed by atoms with Crippen LogP contribution in [-0.2, 0) is 11.3 Å². The summed E-state index contributed by atoms with van der Waals surface area (Å²) in [5.74, 6) is 1.13. The van der Waals surface area contributed by atoms with Crippen molar-refractivity contribution in [1.82, 2.24) is 14.9 Å². The van der Waals surface area contributed by atoms with Gasteiger partial charge >= 0.3 is 0 Å². The lowest BCUT2D eigenvalue weighted by Crippen LogP contribution is -2.33. The van der Waals surface area contributed by atoms with Crippen molar-refractivity contribution < 1.29 is 9.53 Å². The number of nitrogens with zero attached hydrogens (tertiary/aromatic N) is 2. The number of nitrogens with one attached hydrogen (secondary N) is 1. The zero-order chi connectivity index (χ0) is 19.1. The number of aromatic nitrogens is 2. The summed E-state index contributed by atoms with van der Waals surface area (Å²) in [6, 6.07) is 9.03. The molecule has 0 spiro atoms. The number of hydrogen-bond acceptors (Lipinski definition) is 5. The fourth-order valence-corrected chi connectivity index (χ4v) is 3.41. The van der Waals surface area contributed by atoms with E-state index in [1.165, 1.54) is 17.8 Å². The molecule has 0 radical (unpaired) electrons. The van der Waals surface area contributed by atoms with Gasteiger partial charge in [0.25, 0.3) is 5.56 Å². The molecule has 0 aliphatic carbocycles. The summed E-state index contributed by atoms with van der Waals surface area (Å²) in [5, 5.41) is 3.63. The van der Waals surface area contributed by atoms with Crippen molar-refractivity contribution >= 4 is 17.7 Å². The van der Waals surface area contributed by atoms with Gasteiger partial charge in [-0.15, -0.1) is 0 Å². The highest BCUT2D eigenvalue weighted by Gasteiger charge is 2.19. The van der Waals surface area contributed by atoms with Gasteiger partial charge in [-0.2, -0.15) is 4.98 Å². The molecule has 0 saturated carbocycles. The van der Waals surface area contributed by atoms with E-state index in [4.69, 9.17) is 4.74 Å². The maximum absolute atomic E-state index is 12.4. The van der Waals surface area contributed by atoms with Crippen LogP contribution >= 0.6 is 11.8 Å². The van der Waals surface area contributed by atoms with E-state index in [0.717, 1.165) is 11.3 Å².